The first-order valence-electron chi connectivity index (χ1n) is 9.76. The average molecular weight is 446 g/mol. The van der Waals surface area contributed by atoms with Gasteiger partial charge in [-0.3, -0.25) is 9.89 Å². The van der Waals surface area contributed by atoms with Crippen molar-refractivity contribution in [2.45, 2.75) is 19.5 Å². The van der Waals surface area contributed by atoms with E-state index in [4.69, 9.17) is 11.6 Å². The van der Waals surface area contributed by atoms with E-state index in [1.165, 1.54) is 10.7 Å². The number of nitrogens with one attached hydrogen (secondary N) is 2. The van der Waals surface area contributed by atoms with Crippen LogP contribution in [-0.2, 0) is 4.79 Å². The van der Waals surface area contributed by atoms with Crippen LogP contribution in [0.4, 0.5) is 20.3 Å². The molecule has 3 aromatic heterocycles. The van der Waals surface area contributed by atoms with E-state index in [0.717, 1.165) is 0 Å². The zero-order valence-corrected chi connectivity index (χ0v) is 17.4. The van der Waals surface area contributed by atoms with E-state index < -0.39 is 23.8 Å². The summed E-state index contributed by atoms with van der Waals surface area (Å²) in [7, 11) is 1.77. The van der Waals surface area contributed by atoms with Crippen LogP contribution in [0.2, 0.25) is 5.02 Å². The van der Waals surface area contributed by atoms with Crippen LogP contribution >= 0.6 is 11.6 Å². The molecular formula is C20H18ClF2N7O. The van der Waals surface area contributed by atoms with Gasteiger partial charge in [0.05, 0.1) is 34.5 Å². The molecule has 2 atom stereocenters. The van der Waals surface area contributed by atoms with Crippen LogP contribution in [0, 0.1) is 11.7 Å². The van der Waals surface area contributed by atoms with E-state index in [-0.39, 0.29) is 17.3 Å². The number of alkyl halides is 1. The fraction of sp³-hybridized carbons (Fsp3) is 0.300. The molecule has 0 aliphatic heterocycles. The number of aromatic nitrogens is 5. The molecule has 1 aromatic carbocycles. The highest BCUT2D eigenvalue weighted by molar-refractivity contribution is 6.35. The summed E-state index contributed by atoms with van der Waals surface area (Å²) < 4.78 is 29.8. The Labute approximate surface area is 180 Å². The second-order valence-electron chi connectivity index (χ2n) is 7.52. The van der Waals surface area contributed by atoms with Gasteiger partial charge in [0.25, 0.3) is 0 Å². The molecule has 8 nitrogen and oxygen atoms in total. The van der Waals surface area contributed by atoms with Crippen molar-refractivity contribution in [2.75, 3.05) is 23.8 Å². The van der Waals surface area contributed by atoms with Crippen molar-refractivity contribution < 1.29 is 13.6 Å². The highest BCUT2D eigenvalue weighted by atomic mass is 35.5. The molecule has 160 valence electrons. The quantitative estimate of drug-likeness (QED) is 0.487. The van der Waals surface area contributed by atoms with Crippen LogP contribution in [0.5, 0.6) is 0 Å². The van der Waals surface area contributed by atoms with Gasteiger partial charge in [-0.25, -0.2) is 18.3 Å². The van der Waals surface area contributed by atoms with Crippen molar-refractivity contribution in [3.05, 3.63) is 35.4 Å². The van der Waals surface area contributed by atoms with Crippen LogP contribution in [0.3, 0.4) is 0 Å². The third-order valence-corrected chi connectivity index (χ3v) is 5.85. The standard InChI is InChI=1S/C20H18ClF2N7O/c1-3-29(2)19-17(23)16(21)15(10-7-24-27-18(10)19)12-4-5-14-25-13(8-30(14)28-12)26-20(31)9-6-11(9)22/h4-5,7-9,11H,3,6H2,1-2H3,(H,24,27)(H,26,31)/t9-,11+/m1/s1. The van der Waals surface area contributed by atoms with Gasteiger partial charge in [0, 0.05) is 24.5 Å². The molecule has 4 aromatic rings. The minimum absolute atomic E-state index is 0.0626. The predicted molar refractivity (Wildman–Crippen MR) is 114 cm³/mol. The molecule has 1 amide bonds. The Bertz CT molecular complexity index is 1330. The molecule has 3 heterocycles. The maximum Gasteiger partial charge on any atom is 0.231 e. The van der Waals surface area contributed by atoms with Crippen molar-refractivity contribution in [1.29, 1.82) is 0 Å². The molecule has 2 N–H and O–H groups in total. The number of carbonyl (C=O) groups is 1. The molecule has 0 unspecified atom stereocenters. The van der Waals surface area contributed by atoms with Gasteiger partial charge in [0.1, 0.15) is 11.9 Å². The maximum absolute atomic E-state index is 15.2. The Morgan fingerprint density at radius 2 is 2.23 bits per heavy atom. The van der Waals surface area contributed by atoms with Crippen LogP contribution in [0.25, 0.3) is 27.8 Å². The third kappa shape index (κ3) is 3.18. The number of aromatic amines is 1. The third-order valence-electron chi connectivity index (χ3n) is 5.50. The Balaban J connectivity index is 1.58. The fourth-order valence-corrected chi connectivity index (χ4v) is 3.88. The average Bonchev–Trinajstić information content (AvgIpc) is 3.12. The van der Waals surface area contributed by atoms with Crippen molar-refractivity contribution in [3.8, 4) is 11.3 Å². The van der Waals surface area contributed by atoms with Crippen molar-refractivity contribution in [1.82, 2.24) is 24.8 Å². The van der Waals surface area contributed by atoms with E-state index >= 15 is 4.39 Å². The number of H-pyrrole nitrogens is 1. The molecule has 1 fully saturated rings. The van der Waals surface area contributed by atoms with E-state index in [0.29, 0.717) is 40.0 Å². The van der Waals surface area contributed by atoms with Gasteiger partial charge in [-0.1, -0.05) is 11.6 Å². The second kappa shape index (κ2) is 7.16. The Kier molecular flexibility index (Phi) is 4.54. The summed E-state index contributed by atoms with van der Waals surface area (Å²) in [5.74, 6) is -1.33. The van der Waals surface area contributed by atoms with Gasteiger partial charge in [-0.2, -0.15) is 10.2 Å². The number of anilines is 2. The normalized spacial score (nSPS) is 18.0. The van der Waals surface area contributed by atoms with Gasteiger partial charge in [0.15, 0.2) is 17.3 Å². The van der Waals surface area contributed by atoms with Crippen molar-refractivity contribution >= 4 is 45.6 Å². The first-order chi connectivity index (χ1) is 14.9. The van der Waals surface area contributed by atoms with E-state index in [2.05, 4.69) is 25.6 Å². The number of fused-ring (bicyclic) bond motifs is 2. The lowest BCUT2D eigenvalue weighted by Crippen LogP contribution is -2.18. The number of benzene rings is 1. The largest absolute Gasteiger partial charge is 0.371 e. The molecule has 31 heavy (non-hydrogen) atoms. The predicted octanol–water partition coefficient (Wildman–Crippen LogP) is 3.82. The summed E-state index contributed by atoms with van der Waals surface area (Å²) in [6.07, 6.45) is 2.24. The highest BCUT2D eigenvalue weighted by Gasteiger charge is 2.43. The lowest BCUT2D eigenvalue weighted by Gasteiger charge is -2.20. The maximum atomic E-state index is 15.2. The Morgan fingerprint density at radius 1 is 1.45 bits per heavy atom. The zero-order chi connectivity index (χ0) is 21.9. The molecule has 0 saturated heterocycles. The van der Waals surface area contributed by atoms with Crippen LogP contribution in [-0.4, -0.2) is 50.5 Å². The number of rotatable bonds is 5. The number of halogens is 3. The smallest absolute Gasteiger partial charge is 0.231 e. The number of imidazole rings is 1. The van der Waals surface area contributed by atoms with Crippen molar-refractivity contribution in [3.63, 3.8) is 0 Å². The molecule has 1 aliphatic carbocycles. The topological polar surface area (TPSA) is 91.2 Å². The minimum Gasteiger partial charge on any atom is -0.371 e. The van der Waals surface area contributed by atoms with Gasteiger partial charge in [-0.05, 0) is 25.5 Å². The van der Waals surface area contributed by atoms with Gasteiger partial charge < -0.3 is 10.2 Å². The summed E-state index contributed by atoms with van der Waals surface area (Å²) in [6, 6.07) is 3.35. The van der Waals surface area contributed by atoms with Crippen LogP contribution in [0.1, 0.15) is 13.3 Å². The molecular weight excluding hydrogens is 428 g/mol. The molecule has 1 saturated carbocycles. The lowest BCUT2D eigenvalue weighted by molar-refractivity contribution is -0.117. The first-order valence-corrected chi connectivity index (χ1v) is 10.1. The van der Waals surface area contributed by atoms with E-state index in [1.807, 2.05) is 6.92 Å². The van der Waals surface area contributed by atoms with Gasteiger partial charge >= 0.3 is 0 Å². The molecule has 0 spiro atoms. The zero-order valence-electron chi connectivity index (χ0n) is 16.7. The lowest BCUT2D eigenvalue weighted by atomic mass is 10.0. The molecule has 0 radical (unpaired) electrons. The minimum atomic E-state index is -1.09. The number of carbonyl (C=O) groups excluding carboxylic acids is 1. The summed E-state index contributed by atoms with van der Waals surface area (Å²) >= 11 is 6.45. The van der Waals surface area contributed by atoms with Crippen molar-refractivity contribution in [2.24, 2.45) is 5.92 Å². The summed E-state index contributed by atoms with van der Waals surface area (Å²) in [5, 5.41) is 14.6. The second-order valence-corrected chi connectivity index (χ2v) is 7.90. The number of hydrogen-bond donors (Lipinski definition) is 2. The monoisotopic (exact) mass is 445 g/mol. The molecule has 5 rings (SSSR count). The summed E-state index contributed by atoms with van der Waals surface area (Å²) in [5.41, 5.74) is 2.13. The van der Waals surface area contributed by atoms with Gasteiger partial charge in [0.2, 0.25) is 5.91 Å². The summed E-state index contributed by atoms with van der Waals surface area (Å²) in [4.78, 5) is 18.0. The van der Waals surface area contributed by atoms with Crippen LogP contribution < -0.4 is 10.2 Å². The molecule has 0 bridgehead atoms. The SMILES string of the molecule is CCN(C)c1c(F)c(Cl)c(-c2ccc3nc(NC(=O)[C@@H]4C[C@@H]4F)cn3n2)c2cn[nH]c12. The molecule has 1 aliphatic rings. The van der Waals surface area contributed by atoms with Gasteiger partial charge in [-0.15, -0.1) is 0 Å². The first kappa shape index (κ1) is 19.7. The number of nitrogens with zero attached hydrogens (tertiary/aromatic N) is 5. The number of hydrogen-bond acceptors (Lipinski definition) is 5. The Morgan fingerprint density at radius 3 is 2.94 bits per heavy atom. The van der Waals surface area contributed by atoms with E-state index in [9.17, 15) is 9.18 Å². The van der Waals surface area contributed by atoms with E-state index in [1.54, 1.807) is 30.3 Å². The molecule has 11 heteroatoms. The Hall–Kier alpha value is -3.27. The highest BCUT2D eigenvalue weighted by Crippen LogP contribution is 2.41. The summed E-state index contributed by atoms with van der Waals surface area (Å²) in [6.45, 7) is 2.49. The van der Waals surface area contributed by atoms with Crippen LogP contribution in [0.15, 0.2) is 24.5 Å². The number of amides is 1. The fourth-order valence-electron chi connectivity index (χ4n) is 3.59.